The molecular weight excluding hydrogens is 366 g/mol. The number of hydrogen-bond acceptors (Lipinski definition) is 5. The summed E-state index contributed by atoms with van der Waals surface area (Å²) in [5, 5.41) is 13.6. The van der Waals surface area contributed by atoms with Crippen molar-refractivity contribution < 1.29 is 14.5 Å². The zero-order valence-electron chi connectivity index (χ0n) is 15.2. The van der Waals surface area contributed by atoms with Gasteiger partial charge in [0.1, 0.15) is 0 Å². The number of nitro groups is 1. The van der Waals surface area contributed by atoms with Crippen molar-refractivity contribution >= 4 is 29.3 Å². The van der Waals surface area contributed by atoms with Crippen molar-refractivity contribution in [2.45, 2.75) is 11.3 Å². The van der Waals surface area contributed by atoms with Crippen LogP contribution >= 0.6 is 11.8 Å². The molecule has 142 valence electrons. The minimum atomic E-state index is -0.523. The highest BCUT2D eigenvalue weighted by Crippen LogP contribution is 2.28. The van der Waals surface area contributed by atoms with Gasteiger partial charge in [-0.15, -0.1) is 11.8 Å². The number of hydrogen-bond donors (Lipinski definition) is 1. The summed E-state index contributed by atoms with van der Waals surface area (Å²) in [6.45, 7) is 0.370. The van der Waals surface area contributed by atoms with Gasteiger partial charge in [-0.05, 0) is 30.4 Å². The van der Waals surface area contributed by atoms with Crippen molar-refractivity contribution in [2.75, 3.05) is 26.4 Å². The van der Waals surface area contributed by atoms with Crippen LogP contribution in [0.25, 0.3) is 0 Å². The fourth-order valence-corrected chi connectivity index (χ4v) is 2.98. The van der Waals surface area contributed by atoms with E-state index in [0.29, 0.717) is 11.4 Å². The molecule has 2 amide bonds. The van der Waals surface area contributed by atoms with Crippen molar-refractivity contribution in [2.24, 2.45) is 0 Å². The van der Waals surface area contributed by atoms with Crippen LogP contribution < -0.4 is 5.32 Å². The first kappa shape index (κ1) is 20.4. The Balaban J connectivity index is 1.89. The van der Waals surface area contributed by atoms with Crippen molar-refractivity contribution in [3.63, 3.8) is 0 Å². The van der Waals surface area contributed by atoms with Crippen LogP contribution in [0.3, 0.4) is 0 Å². The third-order valence-electron chi connectivity index (χ3n) is 4.04. The number of nitro benzene ring substituents is 1. The summed E-state index contributed by atoms with van der Waals surface area (Å²) >= 11 is 1.24. The maximum Gasteiger partial charge on any atom is 0.283 e. The zero-order valence-corrected chi connectivity index (χ0v) is 16.0. The Morgan fingerprint density at radius 2 is 1.89 bits per heavy atom. The highest BCUT2D eigenvalue weighted by molar-refractivity contribution is 7.98. The highest BCUT2D eigenvalue weighted by Gasteiger charge is 2.18. The molecule has 0 fully saturated rings. The van der Waals surface area contributed by atoms with E-state index in [1.165, 1.54) is 30.0 Å². The molecule has 0 atom stereocenters. The van der Waals surface area contributed by atoms with Crippen LogP contribution in [0.2, 0.25) is 0 Å². The lowest BCUT2D eigenvalue weighted by atomic mass is 10.1. The Labute approximate surface area is 161 Å². The Bertz CT molecular complexity index is 827. The number of likely N-dealkylation sites (N-methyl/N-ethyl adjacent to an activating group) is 1. The van der Waals surface area contributed by atoms with Crippen molar-refractivity contribution in [3.05, 3.63) is 69.8 Å². The summed E-state index contributed by atoms with van der Waals surface area (Å²) in [6.07, 6.45) is 2.45. The SMILES string of the molecule is CSc1ccc(C(=O)NCC(=O)N(C)CCc2ccccc2)cc1[N+](=O)[O-]. The van der Waals surface area contributed by atoms with Crippen molar-refractivity contribution in [1.29, 1.82) is 0 Å². The predicted octanol–water partition coefficient (Wildman–Crippen LogP) is 2.75. The first-order valence-corrected chi connectivity index (χ1v) is 9.53. The molecule has 0 spiro atoms. The van der Waals surface area contributed by atoms with Crippen LogP contribution in [0.4, 0.5) is 5.69 Å². The molecule has 1 N–H and O–H groups in total. The molecule has 2 aromatic carbocycles. The summed E-state index contributed by atoms with van der Waals surface area (Å²) < 4.78 is 0. The summed E-state index contributed by atoms with van der Waals surface area (Å²) in [5.41, 5.74) is 1.16. The predicted molar refractivity (Wildman–Crippen MR) is 105 cm³/mol. The summed E-state index contributed by atoms with van der Waals surface area (Å²) in [4.78, 5) is 37.0. The van der Waals surface area contributed by atoms with E-state index in [0.717, 1.165) is 12.0 Å². The molecule has 2 aromatic rings. The van der Waals surface area contributed by atoms with E-state index in [1.54, 1.807) is 18.2 Å². The smallest absolute Gasteiger partial charge is 0.283 e. The van der Waals surface area contributed by atoms with Crippen molar-refractivity contribution in [3.8, 4) is 0 Å². The highest BCUT2D eigenvalue weighted by atomic mass is 32.2. The van der Waals surface area contributed by atoms with Gasteiger partial charge in [-0.25, -0.2) is 0 Å². The van der Waals surface area contributed by atoms with E-state index >= 15 is 0 Å². The Morgan fingerprint density at radius 1 is 1.19 bits per heavy atom. The molecule has 0 saturated heterocycles. The molecule has 0 saturated carbocycles. The largest absolute Gasteiger partial charge is 0.344 e. The number of amides is 2. The van der Waals surface area contributed by atoms with Crippen molar-refractivity contribution in [1.82, 2.24) is 10.2 Å². The molecule has 0 heterocycles. The quantitative estimate of drug-likeness (QED) is 0.427. The molecular formula is C19H21N3O4S. The molecule has 0 bridgehead atoms. The standard InChI is InChI=1S/C19H21N3O4S/c1-21(11-10-14-6-4-3-5-7-14)18(23)13-20-19(24)15-8-9-17(27-2)16(12-15)22(25)26/h3-9,12H,10-11,13H2,1-2H3,(H,20,24). The Hall–Kier alpha value is -2.87. The summed E-state index contributed by atoms with van der Waals surface area (Å²) in [6, 6.07) is 14.1. The van der Waals surface area contributed by atoms with Gasteiger partial charge in [0.15, 0.2) is 0 Å². The van der Waals surface area contributed by atoms with Gasteiger partial charge in [-0.2, -0.15) is 0 Å². The topological polar surface area (TPSA) is 92.6 Å². The first-order valence-electron chi connectivity index (χ1n) is 8.31. The molecule has 0 unspecified atom stereocenters. The number of rotatable bonds is 8. The van der Waals surface area contributed by atoms with Crippen LogP contribution in [-0.4, -0.2) is 48.0 Å². The maximum atomic E-state index is 12.2. The van der Waals surface area contributed by atoms with Gasteiger partial charge in [-0.1, -0.05) is 30.3 Å². The van der Waals surface area contributed by atoms with Crippen LogP contribution in [0.15, 0.2) is 53.4 Å². The van der Waals surface area contributed by atoms with E-state index in [1.807, 2.05) is 30.3 Å². The molecule has 27 heavy (non-hydrogen) atoms. The zero-order chi connectivity index (χ0) is 19.8. The van der Waals surface area contributed by atoms with Gasteiger partial charge in [-0.3, -0.25) is 19.7 Å². The second-order valence-corrected chi connectivity index (χ2v) is 6.73. The molecule has 0 radical (unpaired) electrons. The minimum Gasteiger partial charge on any atom is -0.344 e. The maximum absolute atomic E-state index is 12.2. The van der Waals surface area contributed by atoms with E-state index in [-0.39, 0.29) is 23.7 Å². The van der Waals surface area contributed by atoms with Gasteiger partial charge < -0.3 is 10.2 Å². The lowest BCUT2D eigenvalue weighted by molar-refractivity contribution is -0.387. The average Bonchev–Trinajstić information content (AvgIpc) is 2.70. The van der Waals surface area contributed by atoms with Gasteiger partial charge in [0, 0.05) is 25.2 Å². The van der Waals surface area contributed by atoms with Crippen LogP contribution in [0.1, 0.15) is 15.9 Å². The van der Waals surface area contributed by atoms with Gasteiger partial charge in [0.2, 0.25) is 5.91 Å². The number of carbonyl (C=O) groups is 2. The summed E-state index contributed by atoms with van der Waals surface area (Å²) in [5.74, 6) is -0.745. The fraction of sp³-hybridized carbons (Fsp3) is 0.263. The Morgan fingerprint density at radius 3 is 2.52 bits per heavy atom. The normalized spacial score (nSPS) is 10.3. The molecule has 0 aliphatic rings. The van der Waals surface area contributed by atoms with E-state index in [2.05, 4.69) is 5.32 Å². The number of thioether (sulfide) groups is 1. The number of nitrogens with one attached hydrogen (secondary N) is 1. The average molecular weight is 387 g/mol. The van der Waals surface area contributed by atoms with Crippen LogP contribution in [0.5, 0.6) is 0 Å². The molecule has 2 rings (SSSR count). The van der Waals surface area contributed by atoms with E-state index in [4.69, 9.17) is 0 Å². The first-order chi connectivity index (χ1) is 12.9. The summed E-state index contributed by atoms with van der Waals surface area (Å²) in [7, 11) is 1.68. The second-order valence-electron chi connectivity index (χ2n) is 5.88. The number of benzene rings is 2. The van der Waals surface area contributed by atoms with Gasteiger partial charge in [0.05, 0.1) is 16.4 Å². The molecule has 0 aliphatic heterocycles. The molecule has 0 aliphatic carbocycles. The van der Waals surface area contributed by atoms with Crippen LogP contribution in [0, 0.1) is 10.1 Å². The third-order valence-corrected chi connectivity index (χ3v) is 4.83. The Kier molecular flexibility index (Phi) is 7.36. The second kappa shape index (κ2) is 9.72. The lowest BCUT2D eigenvalue weighted by Crippen LogP contribution is -2.39. The lowest BCUT2D eigenvalue weighted by Gasteiger charge is -2.17. The number of carbonyl (C=O) groups excluding carboxylic acids is 2. The van der Waals surface area contributed by atoms with Gasteiger partial charge in [0.25, 0.3) is 11.6 Å². The molecule has 8 heteroatoms. The van der Waals surface area contributed by atoms with Gasteiger partial charge >= 0.3 is 0 Å². The molecule has 7 nitrogen and oxygen atoms in total. The fourth-order valence-electron chi connectivity index (χ4n) is 2.43. The van der Waals surface area contributed by atoms with E-state index in [9.17, 15) is 19.7 Å². The van der Waals surface area contributed by atoms with Crippen LogP contribution in [-0.2, 0) is 11.2 Å². The minimum absolute atomic E-state index is 0.124. The number of nitrogens with zero attached hydrogens (tertiary/aromatic N) is 2. The van der Waals surface area contributed by atoms with E-state index < -0.39 is 10.8 Å². The monoisotopic (exact) mass is 387 g/mol. The third kappa shape index (κ3) is 5.82. The molecule has 0 aromatic heterocycles.